The highest BCUT2D eigenvalue weighted by atomic mass is 15.2. The second-order valence-corrected chi connectivity index (χ2v) is 5.59. The fourth-order valence-corrected chi connectivity index (χ4v) is 2.53. The molecule has 0 saturated heterocycles. The fraction of sp³-hybridized carbons (Fsp3) is 0.600. The van der Waals surface area contributed by atoms with Gasteiger partial charge < -0.3 is 0 Å². The molecule has 2 unspecified atom stereocenters. The molecule has 0 spiro atoms. The maximum Gasteiger partial charge on any atom is 0.0279 e. The van der Waals surface area contributed by atoms with E-state index in [1.165, 1.54) is 29.5 Å². The van der Waals surface area contributed by atoms with Crippen LogP contribution in [0.25, 0.3) is 0 Å². The number of hydrogen-bond acceptors (Lipinski definition) is 2. The summed E-state index contributed by atoms with van der Waals surface area (Å²) in [7, 11) is 0. The molecule has 2 rings (SSSR count). The summed E-state index contributed by atoms with van der Waals surface area (Å²) >= 11 is 0. The SMILES string of the molecule is Cc1ccc(CC(NN)C(C)C2CC2)cc1C. The lowest BCUT2D eigenvalue weighted by Crippen LogP contribution is -2.42. The van der Waals surface area contributed by atoms with Crippen molar-refractivity contribution in [3.05, 3.63) is 34.9 Å². The van der Waals surface area contributed by atoms with Crippen LogP contribution in [0.2, 0.25) is 0 Å². The highest BCUT2D eigenvalue weighted by molar-refractivity contribution is 5.30. The van der Waals surface area contributed by atoms with Gasteiger partial charge in [0.25, 0.3) is 0 Å². The molecular weight excluding hydrogens is 208 g/mol. The van der Waals surface area contributed by atoms with Crippen molar-refractivity contribution in [2.45, 2.75) is 46.1 Å². The molecule has 94 valence electrons. The Morgan fingerprint density at radius 2 is 2.00 bits per heavy atom. The molecule has 1 aliphatic carbocycles. The Morgan fingerprint density at radius 3 is 2.53 bits per heavy atom. The number of rotatable bonds is 5. The largest absolute Gasteiger partial charge is 0.271 e. The van der Waals surface area contributed by atoms with Gasteiger partial charge in [0.05, 0.1) is 0 Å². The highest BCUT2D eigenvalue weighted by Crippen LogP contribution is 2.38. The van der Waals surface area contributed by atoms with Crippen LogP contribution in [0, 0.1) is 25.7 Å². The number of hydrogen-bond donors (Lipinski definition) is 2. The van der Waals surface area contributed by atoms with Gasteiger partial charge in [-0.1, -0.05) is 25.1 Å². The first-order chi connectivity index (χ1) is 8.11. The predicted molar refractivity (Wildman–Crippen MR) is 72.6 cm³/mol. The van der Waals surface area contributed by atoms with Gasteiger partial charge in [-0.05, 0) is 61.6 Å². The van der Waals surface area contributed by atoms with E-state index in [0.29, 0.717) is 12.0 Å². The van der Waals surface area contributed by atoms with Crippen molar-refractivity contribution in [1.82, 2.24) is 5.43 Å². The Balaban J connectivity index is 2.04. The Kier molecular flexibility index (Phi) is 3.85. The third kappa shape index (κ3) is 3.08. The molecule has 0 aliphatic heterocycles. The lowest BCUT2D eigenvalue weighted by Gasteiger charge is -2.23. The zero-order valence-electron chi connectivity index (χ0n) is 11.2. The van der Waals surface area contributed by atoms with Crippen LogP contribution in [0.1, 0.15) is 36.5 Å². The lowest BCUT2D eigenvalue weighted by molar-refractivity contribution is 0.343. The van der Waals surface area contributed by atoms with Crippen LogP contribution in [-0.4, -0.2) is 6.04 Å². The van der Waals surface area contributed by atoms with Gasteiger partial charge in [-0.3, -0.25) is 11.3 Å². The summed E-state index contributed by atoms with van der Waals surface area (Å²) in [5, 5.41) is 0. The van der Waals surface area contributed by atoms with E-state index in [2.05, 4.69) is 44.4 Å². The van der Waals surface area contributed by atoms with Crippen molar-refractivity contribution in [3.8, 4) is 0 Å². The zero-order valence-corrected chi connectivity index (χ0v) is 11.2. The summed E-state index contributed by atoms with van der Waals surface area (Å²) in [5.74, 6) is 7.28. The minimum Gasteiger partial charge on any atom is -0.271 e. The number of hydrazine groups is 1. The minimum atomic E-state index is 0.407. The summed E-state index contributed by atoms with van der Waals surface area (Å²) < 4.78 is 0. The Bertz CT molecular complexity index is 383. The Morgan fingerprint density at radius 1 is 1.29 bits per heavy atom. The molecule has 1 aliphatic rings. The molecule has 1 saturated carbocycles. The van der Waals surface area contributed by atoms with E-state index in [0.717, 1.165) is 12.3 Å². The van der Waals surface area contributed by atoms with Crippen molar-refractivity contribution in [3.63, 3.8) is 0 Å². The molecule has 0 amide bonds. The zero-order chi connectivity index (χ0) is 12.4. The van der Waals surface area contributed by atoms with Crippen LogP contribution in [0.5, 0.6) is 0 Å². The molecular formula is C15H24N2. The molecule has 1 aromatic rings. The molecule has 0 heterocycles. The molecule has 0 aromatic heterocycles. The predicted octanol–water partition coefficient (Wildman–Crippen LogP) is 2.72. The van der Waals surface area contributed by atoms with Gasteiger partial charge in [-0.2, -0.15) is 0 Å². The van der Waals surface area contributed by atoms with E-state index < -0.39 is 0 Å². The van der Waals surface area contributed by atoms with E-state index in [-0.39, 0.29) is 0 Å². The van der Waals surface area contributed by atoms with Crippen molar-refractivity contribution in [2.24, 2.45) is 17.7 Å². The number of benzene rings is 1. The van der Waals surface area contributed by atoms with E-state index in [1.807, 2.05) is 0 Å². The number of nitrogens with one attached hydrogen (secondary N) is 1. The van der Waals surface area contributed by atoms with Crippen LogP contribution in [0.4, 0.5) is 0 Å². The van der Waals surface area contributed by atoms with E-state index in [1.54, 1.807) is 0 Å². The third-order valence-electron chi connectivity index (χ3n) is 4.24. The van der Waals surface area contributed by atoms with Gasteiger partial charge in [0, 0.05) is 6.04 Å². The minimum absolute atomic E-state index is 0.407. The summed E-state index contributed by atoms with van der Waals surface area (Å²) in [6.45, 7) is 6.65. The summed E-state index contributed by atoms with van der Waals surface area (Å²) in [4.78, 5) is 0. The first-order valence-corrected chi connectivity index (χ1v) is 6.64. The number of aryl methyl sites for hydroxylation is 2. The smallest absolute Gasteiger partial charge is 0.0279 e. The molecule has 0 radical (unpaired) electrons. The van der Waals surface area contributed by atoms with Crippen molar-refractivity contribution in [2.75, 3.05) is 0 Å². The molecule has 0 bridgehead atoms. The second-order valence-electron chi connectivity index (χ2n) is 5.59. The van der Waals surface area contributed by atoms with Gasteiger partial charge >= 0.3 is 0 Å². The first kappa shape index (κ1) is 12.6. The third-order valence-corrected chi connectivity index (χ3v) is 4.24. The lowest BCUT2D eigenvalue weighted by atomic mass is 9.91. The Labute approximate surface area is 105 Å². The molecule has 1 aromatic carbocycles. The quantitative estimate of drug-likeness (QED) is 0.605. The molecule has 2 nitrogen and oxygen atoms in total. The van der Waals surface area contributed by atoms with Crippen molar-refractivity contribution < 1.29 is 0 Å². The van der Waals surface area contributed by atoms with Crippen LogP contribution < -0.4 is 11.3 Å². The molecule has 2 atom stereocenters. The Hall–Kier alpha value is -0.860. The van der Waals surface area contributed by atoms with E-state index in [4.69, 9.17) is 5.84 Å². The number of nitrogens with two attached hydrogens (primary N) is 1. The van der Waals surface area contributed by atoms with E-state index >= 15 is 0 Å². The molecule has 17 heavy (non-hydrogen) atoms. The summed E-state index contributed by atoms with van der Waals surface area (Å²) in [6.07, 6.45) is 3.80. The average molecular weight is 232 g/mol. The molecule has 2 heteroatoms. The monoisotopic (exact) mass is 232 g/mol. The molecule has 3 N–H and O–H groups in total. The summed E-state index contributed by atoms with van der Waals surface area (Å²) in [5.41, 5.74) is 7.13. The normalized spacial score (nSPS) is 19.1. The van der Waals surface area contributed by atoms with Gasteiger partial charge in [0.2, 0.25) is 0 Å². The van der Waals surface area contributed by atoms with Crippen molar-refractivity contribution in [1.29, 1.82) is 0 Å². The van der Waals surface area contributed by atoms with Gasteiger partial charge in [-0.15, -0.1) is 0 Å². The van der Waals surface area contributed by atoms with E-state index in [9.17, 15) is 0 Å². The van der Waals surface area contributed by atoms with Crippen molar-refractivity contribution >= 4 is 0 Å². The van der Waals surface area contributed by atoms with Crippen LogP contribution in [0.15, 0.2) is 18.2 Å². The fourth-order valence-electron chi connectivity index (χ4n) is 2.53. The van der Waals surface area contributed by atoms with Crippen LogP contribution in [0.3, 0.4) is 0 Å². The highest BCUT2D eigenvalue weighted by Gasteiger charge is 2.32. The standard InChI is InChI=1S/C15H24N2/c1-10-4-5-13(8-11(10)2)9-15(17-16)12(3)14-6-7-14/h4-5,8,12,14-15,17H,6-7,9,16H2,1-3H3. The molecule has 1 fully saturated rings. The topological polar surface area (TPSA) is 38.0 Å². The van der Waals surface area contributed by atoms with Gasteiger partial charge in [-0.25, -0.2) is 0 Å². The van der Waals surface area contributed by atoms with Gasteiger partial charge in [0.15, 0.2) is 0 Å². The maximum absolute atomic E-state index is 5.71. The maximum atomic E-state index is 5.71. The van der Waals surface area contributed by atoms with Crippen LogP contribution in [-0.2, 0) is 6.42 Å². The van der Waals surface area contributed by atoms with Gasteiger partial charge in [0.1, 0.15) is 0 Å². The first-order valence-electron chi connectivity index (χ1n) is 6.64. The second kappa shape index (κ2) is 5.19. The summed E-state index contributed by atoms with van der Waals surface area (Å²) in [6, 6.07) is 7.13. The average Bonchev–Trinajstić information content (AvgIpc) is 3.13. The van der Waals surface area contributed by atoms with Crippen LogP contribution >= 0.6 is 0 Å².